The van der Waals surface area contributed by atoms with E-state index in [0.29, 0.717) is 4.57 Å². The quantitative estimate of drug-likeness (QED) is 0.608. The van der Waals surface area contributed by atoms with E-state index >= 15 is 0 Å². The van der Waals surface area contributed by atoms with Gasteiger partial charge in [0, 0.05) is 12.1 Å². The number of aromatic nitrogens is 2. The maximum Gasteiger partial charge on any atom is 0.433 e. The first-order chi connectivity index (χ1) is 11.7. The largest absolute Gasteiger partial charge is 0.479 e. The summed E-state index contributed by atoms with van der Waals surface area (Å²) in [6.45, 7) is -0.192. The summed E-state index contributed by atoms with van der Waals surface area (Å²) in [5.41, 5.74) is -3.13. The number of terminal acetylenes is 1. The third-order valence-corrected chi connectivity index (χ3v) is 3.21. The number of nitrogens with zero attached hydrogens (tertiary/aromatic N) is 2. The molecule has 5 nitrogen and oxygen atoms in total. The van der Waals surface area contributed by atoms with Gasteiger partial charge in [-0.3, -0.25) is 4.79 Å². The van der Waals surface area contributed by atoms with Crippen LogP contribution in [0.15, 0.2) is 23.0 Å². The highest BCUT2D eigenvalue weighted by atomic mass is 35.5. The molecule has 10 heteroatoms. The van der Waals surface area contributed by atoms with E-state index in [4.69, 9.17) is 27.5 Å². The lowest BCUT2D eigenvalue weighted by Gasteiger charge is -2.15. The van der Waals surface area contributed by atoms with Gasteiger partial charge in [-0.05, 0) is 6.07 Å². The molecule has 1 heterocycles. The molecule has 1 aromatic heterocycles. The molecule has 0 unspecified atom stereocenters. The Morgan fingerprint density at radius 2 is 2.04 bits per heavy atom. The Bertz CT molecular complexity index is 903. The molecule has 0 fully saturated rings. The molecule has 0 saturated carbocycles. The van der Waals surface area contributed by atoms with Crippen molar-refractivity contribution in [1.29, 1.82) is 0 Å². The van der Waals surface area contributed by atoms with E-state index in [-0.39, 0.29) is 23.4 Å². The van der Waals surface area contributed by atoms with Crippen LogP contribution in [0.3, 0.4) is 0 Å². The van der Waals surface area contributed by atoms with Crippen molar-refractivity contribution in [3.05, 3.63) is 45.1 Å². The third kappa shape index (κ3) is 3.85. The summed E-state index contributed by atoms with van der Waals surface area (Å²) in [4.78, 5) is 15.3. The Kier molecular flexibility index (Phi) is 5.23. The van der Waals surface area contributed by atoms with Crippen molar-refractivity contribution >= 4 is 11.6 Å². The fourth-order valence-electron chi connectivity index (χ4n) is 1.88. The average Bonchev–Trinajstić information content (AvgIpc) is 2.53. The lowest BCUT2D eigenvalue weighted by molar-refractivity contribution is -0.141. The van der Waals surface area contributed by atoms with E-state index in [0.717, 1.165) is 19.2 Å². The maximum atomic E-state index is 14.2. The highest BCUT2D eigenvalue weighted by molar-refractivity contribution is 6.32. The predicted octanol–water partition coefficient (Wildman–Crippen LogP) is 3.06. The van der Waals surface area contributed by atoms with E-state index in [2.05, 4.69) is 10.9 Å². The minimum absolute atomic E-state index is 0.0649. The third-order valence-electron chi connectivity index (χ3n) is 2.91. The number of alkyl halides is 3. The lowest BCUT2D eigenvalue weighted by atomic mass is 10.2. The second kappa shape index (κ2) is 7.03. The van der Waals surface area contributed by atoms with Crippen LogP contribution in [0.4, 0.5) is 17.6 Å². The molecule has 0 aliphatic rings. The van der Waals surface area contributed by atoms with Crippen LogP contribution in [0, 0.1) is 18.2 Å². The Balaban J connectivity index is 2.70. The highest BCUT2D eigenvalue weighted by Crippen LogP contribution is 2.32. The summed E-state index contributed by atoms with van der Waals surface area (Å²) in [6.07, 6.45) is 0.179. The second-order valence-electron chi connectivity index (χ2n) is 4.53. The molecular weight excluding hydrogens is 368 g/mol. The molecule has 0 N–H and O–H groups in total. The molecule has 0 aliphatic carbocycles. The van der Waals surface area contributed by atoms with Crippen molar-refractivity contribution in [3.63, 3.8) is 0 Å². The fourth-order valence-corrected chi connectivity index (χ4v) is 2.09. The second-order valence-corrected chi connectivity index (χ2v) is 4.93. The zero-order valence-electron chi connectivity index (χ0n) is 12.5. The van der Waals surface area contributed by atoms with Crippen LogP contribution in [0.25, 0.3) is 5.69 Å². The molecule has 0 aliphatic heterocycles. The van der Waals surface area contributed by atoms with Gasteiger partial charge >= 0.3 is 12.2 Å². The number of methoxy groups -OCH3 is 1. The molecule has 0 spiro atoms. The van der Waals surface area contributed by atoms with Crippen molar-refractivity contribution in [2.45, 2.75) is 6.18 Å². The molecule has 0 amide bonds. The molecule has 2 aromatic rings. The molecular formula is C15H9ClF4N2O3. The zero-order chi connectivity index (χ0) is 18.8. The molecule has 2 rings (SSSR count). The summed E-state index contributed by atoms with van der Waals surface area (Å²) >= 11 is 5.81. The number of benzene rings is 1. The van der Waals surface area contributed by atoms with Crippen LogP contribution in [-0.2, 0) is 6.18 Å². The van der Waals surface area contributed by atoms with E-state index in [1.807, 2.05) is 0 Å². The van der Waals surface area contributed by atoms with E-state index in [1.54, 1.807) is 0 Å². The summed E-state index contributed by atoms with van der Waals surface area (Å²) in [5, 5.41) is -0.136. The summed E-state index contributed by atoms with van der Waals surface area (Å²) in [7, 11) is 0.988. The Labute approximate surface area is 143 Å². The van der Waals surface area contributed by atoms with Crippen LogP contribution < -0.4 is 15.0 Å². The Hall–Kier alpha value is -2.73. The van der Waals surface area contributed by atoms with Gasteiger partial charge < -0.3 is 9.47 Å². The topological polar surface area (TPSA) is 53.4 Å². The maximum absolute atomic E-state index is 14.2. The fraction of sp³-hybridized carbons (Fsp3) is 0.200. The van der Waals surface area contributed by atoms with Crippen LogP contribution in [0.5, 0.6) is 11.8 Å². The standard InChI is InChI=1S/C15H9ClF4N2O3/c1-3-4-25-11-6-10(9(17)5-8(11)16)22-13(23)7-12(15(18,19)20)21-14(22)24-2/h1,5-7H,4H2,2H3. The average molecular weight is 377 g/mol. The van der Waals surface area contributed by atoms with Gasteiger partial charge in [-0.2, -0.15) is 18.2 Å². The Morgan fingerprint density at radius 3 is 2.60 bits per heavy atom. The number of ether oxygens (including phenoxy) is 2. The molecule has 25 heavy (non-hydrogen) atoms. The normalized spacial score (nSPS) is 11.1. The smallest absolute Gasteiger partial charge is 0.433 e. The minimum atomic E-state index is -4.87. The van der Waals surface area contributed by atoms with Gasteiger partial charge in [-0.1, -0.05) is 17.5 Å². The monoisotopic (exact) mass is 376 g/mol. The van der Waals surface area contributed by atoms with E-state index in [9.17, 15) is 22.4 Å². The highest BCUT2D eigenvalue weighted by Gasteiger charge is 2.34. The van der Waals surface area contributed by atoms with Gasteiger partial charge in [0.15, 0.2) is 5.69 Å². The molecule has 0 bridgehead atoms. The first kappa shape index (κ1) is 18.6. The zero-order valence-corrected chi connectivity index (χ0v) is 13.3. The molecule has 0 atom stereocenters. The summed E-state index contributed by atoms with van der Waals surface area (Å²) in [6, 6.07) is 1.29. The molecule has 0 radical (unpaired) electrons. The van der Waals surface area contributed by atoms with Crippen LogP contribution in [0.2, 0.25) is 5.02 Å². The molecule has 0 saturated heterocycles. The van der Waals surface area contributed by atoms with Gasteiger partial charge in [0.25, 0.3) is 5.56 Å². The lowest BCUT2D eigenvalue weighted by Crippen LogP contribution is -2.25. The van der Waals surface area contributed by atoms with Gasteiger partial charge in [0.2, 0.25) is 0 Å². The minimum Gasteiger partial charge on any atom is -0.479 e. The van der Waals surface area contributed by atoms with Gasteiger partial charge in [0.05, 0.1) is 17.8 Å². The first-order valence-corrected chi connectivity index (χ1v) is 6.87. The van der Waals surface area contributed by atoms with Gasteiger partial charge in [-0.15, -0.1) is 6.42 Å². The van der Waals surface area contributed by atoms with Gasteiger partial charge in [-0.25, -0.2) is 8.96 Å². The number of hydrogen-bond donors (Lipinski definition) is 0. The number of halogens is 5. The van der Waals surface area contributed by atoms with Crippen LogP contribution in [-0.4, -0.2) is 23.3 Å². The number of hydrogen-bond acceptors (Lipinski definition) is 4. The first-order valence-electron chi connectivity index (χ1n) is 6.50. The molecule has 132 valence electrons. The summed E-state index contributed by atoms with van der Waals surface area (Å²) < 4.78 is 62.8. The van der Waals surface area contributed by atoms with Gasteiger partial charge in [0.1, 0.15) is 18.2 Å². The van der Waals surface area contributed by atoms with Crippen LogP contribution >= 0.6 is 11.6 Å². The predicted molar refractivity (Wildman–Crippen MR) is 80.7 cm³/mol. The van der Waals surface area contributed by atoms with Crippen molar-refractivity contribution < 1.29 is 27.0 Å². The SMILES string of the molecule is C#CCOc1cc(-n2c(OC)nc(C(F)(F)F)cc2=O)c(F)cc1Cl. The molecule has 1 aromatic carbocycles. The van der Waals surface area contributed by atoms with Crippen molar-refractivity contribution in [2.75, 3.05) is 13.7 Å². The van der Waals surface area contributed by atoms with E-state index < -0.39 is 34.9 Å². The van der Waals surface area contributed by atoms with Crippen molar-refractivity contribution in [1.82, 2.24) is 9.55 Å². The van der Waals surface area contributed by atoms with Crippen LogP contribution in [0.1, 0.15) is 5.69 Å². The van der Waals surface area contributed by atoms with E-state index in [1.165, 1.54) is 0 Å². The Morgan fingerprint density at radius 1 is 1.36 bits per heavy atom. The summed E-state index contributed by atoms with van der Waals surface area (Å²) in [5.74, 6) is 1.11. The number of rotatable bonds is 4. The van der Waals surface area contributed by atoms with Crippen molar-refractivity contribution in [2.24, 2.45) is 0 Å². The van der Waals surface area contributed by atoms with Crippen molar-refractivity contribution in [3.8, 4) is 29.8 Å².